The van der Waals surface area contributed by atoms with E-state index in [1.54, 1.807) is 14.2 Å². The molecular formula is C20H33N3O3. The predicted molar refractivity (Wildman–Crippen MR) is 105 cm³/mol. The summed E-state index contributed by atoms with van der Waals surface area (Å²) in [5, 5.41) is 6.72. The van der Waals surface area contributed by atoms with E-state index >= 15 is 0 Å². The largest absolute Gasteiger partial charge is 0.496 e. The molecule has 2 atom stereocenters. The molecule has 0 aromatic heterocycles. The number of nitrogens with zero attached hydrogens (tertiary/aromatic N) is 1. The van der Waals surface area contributed by atoms with Gasteiger partial charge in [0, 0.05) is 45.2 Å². The molecular weight excluding hydrogens is 330 g/mol. The molecule has 0 bridgehead atoms. The zero-order valence-electron chi connectivity index (χ0n) is 16.3. The van der Waals surface area contributed by atoms with Crippen molar-refractivity contribution in [3.63, 3.8) is 0 Å². The van der Waals surface area contributed by atoms with Crippen molar-refractivity contribution >= 4 is 5.96 Å². The second-order valence-corrected chi connectivity index (χ2v) is 6.68. The maximum absolute atomic E-state index is 5.72. The van der Waals surface area contributed by atoms with Gasteiger partial charge in [-0.2, -0.15) is 0 Å². The van der Waals surface area contributed by atoms with E-state index in [1.807, 2.05) is 18.2 Å². The lowest BCUT2D eigenvalue weighted by Gasteiger charge is -2.18. The fourth-order valence-corrected chi connectivity index (χ4v) is 3.00. The summed E-state index contributed by atoms with van der Waals surface area (Å²) in [5.41, 5.74) is 1.20. The minimum absolute atomic E-state index is 0.321. The maximum atomic E-state index is 5.72. The minimum Gasteiger partial charge on any atom is -0.496 e. The topological polar surface area (TPSA) is 64.1 Å². The van der Waals surface area contributed by atoms with Gasteiger partial charge in [-0.05, 0) is 24.5 Å². The molecule has 2 N–H and O–H groups in total. The first-order valence-electron chi connectivity index (χ1n) is 9.47. The van der Waals surface area contributed by atoms with Crippen molar-refractivity contribution in [1.82, 2.24) is 10.6 Å². The zero-order valence-corrected chi connectivity index (χ0v) is 16.3. The maximum Gasteiger partial charge on any atom is 0.190 e. The number of benzene rings is 1. The van der Waals surface area contributed by atoms with Gasteiger partial charge in [-0.3, -0.25) is 4.99 Å². The molecule has 1 fully saturated rings. The molecule has 2 unspecified atom stereocenters. The molecule has 1 aromatic rings. The average Bonchev–Trinajstić information content (AvgIpc) is 3.20. The Kier molecular flexibility index (Phi) is 9.28. The third kappa shape index (κ3) is 6.84. The summed E-state index contributed by atoms with van der Waals surface area (Å²) in [6.07, 6.45) is 2.08. The molecule has 0 saturated carbocycles. The summed E-state index contributed by atoms with van der Waals surface area (Å²) < 4.78 is 16.5. The van der Waals surface area contributed by atoms with Crippen LogP contribution in [0.15, 0.2) is 29.3 Å². The third-order valence-corrected chi connectivity index (χ3v) is 4.60. The molecule has 1 aliphatic rings. The quantitative estimate of drug-likeness (QED) is 0.380. The van der Waals surface area contributed by atoms with Gasteiger partial charge in [-0.25, -0.2) is 0 Å². The van der Waals surface area contributed by atoms with Crippen molar-refractivity contribution in [2.45, 2.75) is 25.7 Å². The molecule has 26 heavy (non-hydrogen) atoms. The first-order valence-corrected chi connectivity index (χ1v) is 9.47. The molecule has 0 aliphatic carbocycles. The standard InChI is InChI=1S/C20H33N3O3/c1-16(18-7-4-5-8-19(18)24-3)13-23-20(21-2)22-10-6-11-25-14-17-9-12-26-15-17/h4-5,7-8,16-17H,6,9-15H2,1-3H3,(H2,21,22,23). The van der Waals surface area contributed by atoms with Crippen molar-refractivity contribution in [2.24, 2.45) is 10.9 Å². The minimum atomic E-state index is 0.321. The van der Waals surface area contributed by atoms with Crippen molar-refractivity contribution in [2.75, 3.05) is 53.7 Å². The van der Waals surface area contributed by atoms with Gasteiger partial charge in [0.2, 0.25) is 0 Å². The highest BCUT2D eigenvalue weighted by Crippen LogP contribution is 2.25. The molecule has 1 aromatic carbocycles. The van der Waals surface area contributed by atoms with Crippen molar-refractivity contribution in [1.29, 1.82) is 0 Å². The first kappa shape index (κ1) is 20.5. The second kappa shape index (κ2) is 11.8. The van der Waals surface area contributed by atoms with E-state index in [2.05, 4.69) is 28.6 Å². The Morgan fingerprint density at radius 1 is 1.35 bits per heavy atom. The summed E-state index contributed by atoms with van der Waals surface area (Å²) in [7, 11) is 3.50. The van der Waals surface area contributed by atoms with Crippen LogP contribution in [0.25, 0.3) is 0 Å². The summed E-state index contributed by atoms with van der Waals surface area (Å²) in [5.74, 6) is 2.64. The summed E-state index contributed by atoms with van der Waals surface area (Å²) in [6, 6.07) is 8.13. The van der Waals surface area contributed by atoms with Crippen LogP contribution in [0.2, 0.25) is 0 Å². The average molecular weight is 364 g/mol. The number of rotatable bonds is 10. The molecule has 1 aliphatic heterocycles. The van der Waals surface area contributed by atoms with Crippen molar-refractivity contribution in [3.8, 4) is 5.75 Å². The summed E-state index contributed by atoms with van der Waals surface area (Å²) in [6.45, 7) is 7.10. The molecule has 6 heteroatoms. The van der Waals surface area contributed by atoms with Crippen LogP contribution in [0, 0.1) is 5.92 Å². The summed E-state index contributed by atoms with van der Waals surface area (Å²) >= 11 is 0. The predicted octanol–water partition coefficient (Wildman–Crippen LogP) is 2.41. The van der Waals surface area contributed by atoms with Gasteiger partial charge in [-0.1, -0.05) is 25.1 Å². The fourth-order valence-electron chi connectivity index (χ4n) is 3.00. The number of aliphatic imine (C=N–C) groups is 1. The SMILES string of the molecule is CN=C(NCCCOCC1CCOC1)NCC(C)c1ccccc1OC. The van der Waals surface area contributed by atoms with Crippen LogP contribution in [-0.2, 0) is 9.47 Å². The van der Waals surface area contributed by atoms with Gasteiger partial charge >= 0.3 is 0 Å². The van der Waals surface area contributed by atoms with Gasteiger partial charge < -0.3 is 24.8 Å². The molecule has 6 nitrogen and oxygen atoms in total. The second-order valence-electron chi connectivity index (χ2n) is 6.68. The van der Waals surface area contributed by atoms with E-state index in [-0.39, 0.29) is 0 Å². The van der Waals surface area contributed by atoms with E-state index < -0.39 is 0 Å². The van der Waals surface area contributed by atoms with Crippen LogP contribution >= 0.6 is 0 Å². The lowest BCUT2D eigenvalue weighted by molar-refractivity contribution is 0.0888. The van der Waals surface area contributed by atoms with E-state index in [9.17, 15) is 0 Å². The number of guanidine groups is 1. The van der Waals surface area contributed by atoms with Crippen LogP contribution in [0.4, 0.5) is 0 Å². The van der Waals surface area contributed by atoms with E-state index in [0.717, 1.165) is 64.1 Å². The smallest absolute Gasteiger partial charge is 0.190 e. The Bertz CT molecular complexity index is 545. The van der Waals surface area contributed by atoms with Crippen molar-refractivity contribution in [3.05, 3.63) is 29.8 Å². The number of methoxy groups -OCH3 is 1. The third-order valence-electron chi connectivity index (χ3n) is 4.60. The normalized spacial score (nSPS) is 18.6. The molecule has 1 heterocycles. The Morgan fingerprint density at radius 3 is 2.92 bits per heavy atom. The first-order chi connectivity index (χ1) is 12.7. The number of ether oxygens (including phenoxy) is 3. The van der Waals surface area contributed by atoms with Gasteiger partial charge in [-0.15, -0.1) is 0 Å². The number of hydrogen-bond donors (Lipinski definition) is 2. The molecule has 0 radical (unpaired) electrons. The highest BCUT2D eigenvalue weighted by atomic mass is 16.5. The van der Waals surface area contributed by atoms with E-state index in [4.69, 9.17) is 14.2 Å². The fraction of sp³-hybridized carbons (Fsp3) is 0.650. The Morgan fingerprint density at radius 2 is 2.19 bits per heavy atom. The van der Waals surface area contributed by atoms with Gasteiger partial charge in [0.05, 0.1) is 20.3 Å². The van der Waals surface area contributed by atoms with Gasteiger partial charge in [0.1, 0.15) is 5.75 Å². The molecule has 0 spiro atoms. The van der Waals surface area contributed by atoms with Crippen LogP contribution in [-0.4, -0.2) is 59.6 Å². The Hall–Kier alpha value is -1.79. The Labute approximate surface area is 157 Å². The number of para-hydroxylation sites is 1. The van der Waals surface area contributed by atoms with Crippen LogP contribution in [0.5, 0.6) is 5.75 Å². The number of hydrogen-bond acceptors (Lipinski definition) is 4. The number of nitrogens with one attached hydrogen (secondary N) is 2. The van der Waals surface area contributed by atoms with Crippen LogP contribution in [0.3, 0.4) is 0 Å². The van der Waals surface area contributed by atoms with Crippen molar-refractivity contribution < 1.29 is 14.2 Å². The van der Waals surface area contributed by atoms with Gasteiger partial charge in [0.25, 0.3) is 0 Å². The lowest BCUT2D eigenvalue weighted by Crippen LogP contribution is -2.39. The highest BCUT2D eigenvalue weighted by Gasteiger charge is 2.15. The van der Waals surface area contributed by atoms with E-state index in [1.165, 1.54) is 5.56 Å². The lowest BCUT2D eigenvalue weighted by atomic mass is 10.0. The summed E-state index contributed by atoms with van der Waals surface area (Å²) in [4.78, 5) is 4.28. The van der Waals surface area contributed by atoms with Gasteiger partial charge in [0.15, 0.2) is 5.96 Å². The molecule has 0 amide bonds. The monoisotopic (exact) mass is 363 g/mol. The molecule has 1 saturated heterocycles. The Balaban J connectivity index is 1.61. The van der Waals surface area contributed by atoms with Crippen LogP contribution < -0.4 is 15.4 Å². The van der Waals surface area contributed by atoms with E-state index in [0.29, 0.717) is 11.8 Å². The zero-order chi connectivity index (χ0) is 18.6. The molecule has 146 valence electrons. The highest BCUT2D eigenvalue weighted by molar-refractivity contribution is 5.79. The molecule has 2 rings (SSSR count). The van der Waals surface area contributed by atoms with Crippen LogP contribution in [0.1, 0.15) is 31.2 Å².